The number of halogens is 1. The maximum Gasteiger partial charge on any atom is 0.315 e. The number of nitrogens with one attached hydrogen (secondary N) is 2. The molecule has 1 saturated carbocycles. The van der Waals surface area contributed by atoms with Crippen molar-refractivity contribution < 1.29 is 9.18 Å². The van der Waals surface area contributed by atoms with Gasteiger partial charge in [0, 0.05) is 31.7 Å². The molecule has 2 amide bonds. The van der Waals surface area contributed by atoms with Crippen molar-refractivity contribution in [3.8, 4) is 0 Å². The first-order valence-electron chi connectivity index (χ1n) is 7.39. The predicted molar refractivity (Wildman–Crippen MR) is 81.0 cm³/mol. The van der Waals surface area contributed by atoms with Gasteiger partial charge < -0.3 is 10.6 Å². The van der Waals surface area contributed by atoms with Crippen LogP contribution in [0.4, 0.5) is 9.18 Å². The standard InChI is InChI=1S/C16H19FN4O/c1-21-10-11(9-19-21)6-7-18-16(22)20-15-8-14(15)12-2-4-13(17)5-3-12/h2-5,9-10,14-15H,6-8H2,1H3,(H2,18,20,22)/t14-,15+/m0/s1. The number of rotatable bonds is 5. The van der Waals surface area contributed by atoms with E-state index < -0.39 is 0 Å². The summed E-state index contributed by atoms with van der Waals surface area (Å²) >= 11 is 0. The van der Waals surface area contributed by atoms with Gasteiger partial charge in [-0.05, 0) is 36.1 Å². The minimum Gasteiger partial charge on any atom is -0.338 e. The Morgan fingerprint density at radius 3 is 2.86 bits per heavy atom. The molecule has 1 aliphatic carbocycles. The molecule has 1 fully saturated rings. The van der Waals surface area contributed by atoms with Crippen molar-refractivity contribution in [2.75, 3.05) is 6.54 Å². The summed E-state index contributed by atoms with van der Waals surface area (Å²) in [5.41, 5.74) is 2.17. The zero-order valence-electron chi connectivity index (χ0n) is 12.4. The molecule has 1 aliphatic rings. The van der Waals surface area contributed by atoms with Crippen LogP contribution in [0.1, 0.15) is 23.5 Å². The van der Waals surface area contributed by atoms with E-state index in [1.165, 1.54) is 12.1 Å². The van der Waals surface area contributed by atoms with Crippen LogP contribution >= 0.6 is 0 Å². The number of benzene rings is 1. The fraction of sp³-hybridized carbons (Fsp3) is 0.375. The van der Waals surface area contributed by atoms with Crippen LogP contribution in [0.2, 0.25) is 0 Å². The monoisotopic (exact) mass is 302 g/mol. The predicted octanol–water partition coefficient (Wildman–Crippen LogP) is 1.96. The second-order valence-electron chi connectivity index (χ2n) is 5.67. The van der Waals surface area contributed by atoms with E-state index in [1.54, 1.807) is 23.0 Å². The Labute approximate surface area is 128 Å². The number of nitrogens with zero attached hydrogens (tertiary/aromatic N) is 2. The van der Waals surface area contributed by atoms with Crippen molar-refractivity contribution in [1.29, 1.82) is 0 Å². The van der Waals surface area contributed by atoms with Gasteiger partial charge in [-0.25, -0.2) is 9.18 Å². The van der Waals surface area contributed by atoms with Crippen molar-refractivity contribution >= 4 is 6.03 Å². The van der Waals surface area contributed by atoms with E-state index in [0.29, 0.717) is 12.5 Å². The minimum absolute atomic E-state index is 0.142. The fourth-order valence-electron chi connectivity index (χ4n) is 2.57. The third-order valence-corrected chi connectivity index (χ3v) is 3.86. The summed E-state index contributed by atoms with van der Waals surface area (Å²) in [7, 11) is 1.87. The molecular formula is C16H19FN4O. The van der Waals surface area contributed by atoms with E-state index in [9.17, 15) is 9.18 Å². The topological polar surface area (TPSA) is 59.0 Å². The van der Waals surface area contributed by atoms with Gasteiger partial charge in [0.2, 0.25) is 0 Å². The summed E-state index contributed by atoms with van der Waals surface area (Å²) in [6.45, 7) is 0.575. The number of carbonyl (C=O) groups is 1. The number of hydrogen-bond acceptors (Lipinski definition) is 2. The number of aromatic nitrogens is 2. The van der Waals surface area contributed by atoms with Crippen molar-refractivity contribution in [3.05, 3.63) is 53.6 Å². The van der Waals surface area contributed by atoms with Crippen LogP contribution in [-0.2, 0) is 13.5 Å². The van der Waals surface area contributed by atoms with E-state index in [1.807, 2.05) is 13.2 Å². The highest BCUT2D eigenvalue weighted by atomic mass is 19.1. The lowest BCUT2D eigenvalue weighted by molar-refractivity contribution is 0.240. The molecule has 0 aliphatic heterocycles. The first-order chi connectivity index (χ1) is 10.6. The SMILES string of the molecule is Cn1cc(CCNC(=O)N[C@@H]2C[C@H]2c2ccc(F)cc2)cn1. The van der Waals surface area contributed by atoms with Crippen LogP contribution in [-0.4, -0.2) is 28.4 Å². The number of amides is 2. The van der Waals surface area contributed by atoms with Gasteiger partial charge >= 0.3 is 6.03 Å². The average molecular weight is 302 g/mol. The summed E-state index contributed by atoms with van der Waals surface area (Å²) < 4.78 is 14.6. The first kappa shape index (κ1) is 14.6. The molecule has 3 rings (SSSR count). The molecule has 5 nitrogen and oxygen atoms in total. The maximum absolute atomic E-state index is 12.9. The van der Waals surface area contributed by atoms with E-state index in [0.717, 1.165) is 24.0 Å². The summed E-state index contributed by atoms with van der Waals surface area (Å²) in [5.74, 6) is 0.0618. The highest BCUT2D eigenvalue weighted by molar-refractivity contribution is 5.74. The molecular weight excluding hydrogens is 283 g/mol. The summed E-state index contributed by atoms with van der Waals surface area (Å²) in [6, 6.07) is 6.46. The number of hydrogen-bond donors (Lipinski definition) is 2. The zero-order valence-corrected chi connectivity index (χ0v) is 12.4. The largest absolute Gasteiger partial charge is 0.338 e. The highest BCUT2D eigenvalue weighted by Gasteiger charge is 2.39. The van der Waals surface area contributed by atoms with Crippen molar-refractivity contribution in [2.24, 2.45) is 7.05 Å². The van der Waals surface area contributed by atoms with Crippen molar-refractivity contribution in [3.63, 3.8) is 0 Å². The fourth-order valence-corrected chi connectivity index (χ4v) is 2.57. The molecule has 0 unspecified atom stereocenters. The van der Waals surface area contributed by atoms with Crippen LogP contribution in [0.3, 0.4) is 0 Å². The Bertz CT molecular complexity index is 652. The van der Waals surface area contributed by atoms with Gasteiger partial charge in [0.25, 0.3) is 0 Å². The molecule has 0 spiro atoms. The number of carbonyl (C=O) groups excluding carboxylic acids is 1. The lowest BCUT2D eigenvalue weighted by Crippen LogP contribution is -2.38. The van der Waals surface area contributed by atoms with Crippen LogP contribution in [0.5, 0.6) is 0 Å². The lowest BCUT2D eigenvalue weighted by Gasteiger charge is -2.07. The molecule has 1 heterocycles. The zero-order chi connectivity index (χ0) is 15.5. The Kier molecular flexibility index (Phi) is 4.09. The molecule has 6 heteroatoms. The van der Waals surface area contributed by atoms with E-state index in [2.05, 4.69) is 15.7 Å². The second kappa shape index (κ2) is 6.17. The Balaban J connectivity index is 1.39. The summed E-state index contributed by atoms with van der Waals surface area (Å²) in [5, 5.41) is 9.87. The van der Waals surface area contributed by atoms with Gasteiger partial charge in [0.1, 0.15) is 5.82 Å². The molecule has 22 heavy (non-hydrogen) atoms. The van der Waals surface area contributed by atoms with Gasteiger partial charge in [-0.3, -0.25) is 4.68 Å². The van der Waals surface area contributed by atoms with Gasteiger partial charge in [-0.1, -0.05) is 12.1 Å². The van der Waals surface area contributed by atoms with Gasteiger partial charge in [0.05, 0.1) is 6.20 Å². The molecule has 0 radical (unpaired) electrons. The van der Waals surface area contributed by atoms with E-state index in [-0.39, 0.29) is 17.9 Å². The molecule has 2 atom stereocenters. The Morgan fingerprint density at radius 2 is 2.18 bits per heavy atom. The van der Waals surface area contributed by atoms with Gasteiger partial charge in [0.15, 0.2) is 0 Å². The smallest absolute Gasteiger partial charge is 0.315 e. The maximum atomic E-state index is 12.9. The molecule has 1 aromatic heterocycles. The molecule has 0 saturated heterocycles. The third kappa shape index (κ3) is 3.63. The van der Waals surface area contributed by atoms with Crippen LogP contribution < -0.4 is 10.6 Å². The normalized spacial score (nSPS) is 19.7. The second-order valence-corrected chi connectivity index (χ2v) is 5.67. The Morgan fingerprint density at radius 1 is 1.41 bits per heavy atom. The minimum atomic E-state index is -0.234. The molecule has 2 aromatic rings. The molecule has 1 aromatic carbocycles. The van der Waals surface area contributed by atoms with Crippen molar-refractivity contribution in [1.82, 2.24) is 20.4 Å². The average Bonchev–Trinajstić information content (AvgIpc) is 3.12. The Hall–Kier alpha value is -2.37. The lowest BCUT2D eigenvalue weighted by atomic mass is 10.1. The van der Waals surface area contributed by atoms with Gasteiger partial charge in [-0.15, -0.1) is 0 Å². The van der Waals surface area contributed by atoms with Crippen LogP contribution in [0.15, 0.2) is 36.7 Å². The third-order valence-electron chi connectivity index (χ3n) is 3.86. The van der Waals surface area contributed by atoms with Crippen LogP contribution in [0, 0.1) is 5.82 Å². The summed E-state index contributed by atoms with van der Waals surface area (Å²) in [6.07, 6.45) is 5.39. The molecule has 2 N–H and O–H groups in total. The molecule has 116 valence electrons. The highest BCUT2D eigenvalue weighted by Crippen LogP contribution is 2.40. The van der Waals surface area contributed by atoms with Crippen molar-refractivity contribution in [2.45, 2.75) is 24.8 Å². The summed E-state index contributed by atoms with van der Waals surface area (Å²) in [4.78, 5) is 11.8. The molecule has 0 bridgehead atoms. The van der Waals surface area contributed by atoms with Crippen LogP contribution in [0.25, 0.3) is 0 Å². The quantitative estimate of drug-likeness (QED) is 0.887. The first-order valence-corrected chi connectivity index (χ1v) is 7.39. The number of aryl methyl sites for hydroxylation is 1. The van der Waals surface area contributed by atoms with E-state index >= 15 is 0 Å². The number of urea groups is 1. The van der Waals surface area contributed by atoms with E-state index in [4.69, 9.17) is 0 Å². The van der Waals surface area contributed by atoms with Gasteiger partial charge in [-0.2, -0.15) is 5.10 Å².